The number of rotatable bonds is 6. The third-order valence-corrected chi connectivity index (χ3v) is 2.37. The Morgan fingerprint density at radius 1 is 1.41 bits per heavy atom. The molecule has 2 aromatic rings. The van der Waals surface area contributed by atoms with Gasteiger partial charge in [-0.25, -0.2) is 14.8 Å². The van der Waals surface area contributed by atoms with Gasteiger partial charge in [-0.1, -0.05) is 12.1 Å². The number of nitrogen functional groups attached to an aromatic ring is 1. The average molecular weight is 305 g/mol. The van der Waals surface area contributed by atoms with Crippen molar-refractivity contribution in [1.82, 2.24) is 15.7 Å². The molecule has 10 heteroatoms. The highest BCUT2D eigenvalue weighted by Crippen LogP contribution is 2.15. The molecule has 0 fully saturated rings. The molecule has 0 saturated heterocycles. The number of benzene rings is 1. The lowest BCUT2D eigenvalue weighted by molar-refractivity contribution is -0.139. The van der Waals surface area contributed by atoms with Crippen LogP contribution < -0.4 is 15.9 Å². The molecule has 1 heterocycles. The van der Waals surface area contributed by atoms with Crippen LogP contribution in [0.3, 0.4) is 0 Å². The summed E-state index contributed by atoms with van der Waals surface area (Å²) in [5.74, 6) is -1.64. The van der Waals surface area contributed by atoms with Gasteiger partial charge in [0.25, 0.3) is 5.91 Å². The largest absolute Gasteiger partial charge is 0.481 e. The van der Waals surface area contributed by atoms with Crippen LogP contribution in [-0.2, 0) is 4.79 Å². The number of hydrogen-bond donors (Lipinski definition) is 3. The first-order valence-corrected chi connectivity index (χ1v) is 5.93. The number of aliphatic carboxylic acids is 1. The number of hydrazone groups is 1. The first-order chi connectivity index (χ1) is 10.6. The van der Waals surface area contributed by atoms with Crippen LogP contribution in [0.4, 0.5) is 5.82 Å². The van der Waals surface area contributed by atoms with E-state index in [1.165, 1.54) is 6.21 Å². The first kappa shape index (κ1) is 15.0. The third-order valence-electron chi connectivity index (χ3n) is 2.37. The van der Waals surface area contributed by atoms with Crippen molar-refractivity contribution >= 4 is 23.9 Å². The monoisotopic (exact) mass is 305 g/mol. The Kier molecular flexibility index (Phi) is 4.65. The minimum atomic E-state index is -1.10. The smallest absolute Gasteiger partial charge is 0.341 e. The maximum Gasteiger partial charge on any atom is 0.341 e. The fourth-order valence-electron chi connectivity index (χ4n) is 1.42. The zero-order valence-electron chi connectivity index (χ0n) is 11.1. The normalized spacial score (nSPS) is 10.5. The van der Waals surface area contributed by atoms with Gasteiger partial charge in [0.1, 0.15) is 5.75 Å². The average Bonchev–Trinajstić information content (AvgIpc) is 2.92. The number of para-hydroxylation sites is 1. The number of ether oxygens (including phenoxy) is 1. The highest BCUT2D eigenvalue weighted by atomic mass is 16.6. The number of amides is 1. The molecule has 0 saturated carbocycles. The van der Waals surface area contributed by atoms with Gasteiger partial charge in [-0.3, -0.25) is 4.79 Å². The van der Waals surface area contributed by atoms with Crippen molar-refractivity contribution in [2.75, 3.05) is 12.3 Å². The van der Waals surface area contributed by atoms with E-state index in [-0.39, 0.29) is 11.5 Å². The van der Waals surface area contributed by atoms with Crippen molar-refractivity contribution in [1.29, 1.82) is 0 Å². The van der Waals surface area contributed by atoms with Gasteiger partial charge in [-0.05, 0) is 22.4 Å². The number of nitrogens with two attached hydrogens (primary N) is 1. The second-order valence-electron chi connectivity index (χ2n) is 3.92. The molecule has 0 aliphatic carbocycles. The van der Waals surface area contributed by atoms with Crippen molar-refractivity contribution in [3.63, 3.8) is 0 Å². The van der Waals surface area contributed by atoms with E-state index in [0.29, 0.717) is 11.3 Å². The zero-order valence-corrected chi connectivity index (χ0v) is 11.1. The molecule has 0 aliphatic heterocycles. The van der Waals surface area contributed by atoms with Gasteiger partial charge in [0, 0.05) is 5.56 Å². The Morgan fingerprint density at radius 3 is 2.86 bits per heavy atom. The third kappa shape index (κ3) is 3.79. The summed E-state index contributed by atoms with van der Waals surface area (Å²) in [5.41, 5.74) is 7.84. The highest BCUT2D eigenvalue weighted by Gasteiger charge is 2.14. The Labute approximate surface area is 123 Å². The van der Waals surface area contributed by atoms with Crippen molar-refractivity contribution in [3.8, 4) is 5.75 Å². The zero-order chi connectivity index (χ0) is 15.9. The summed E-state index contributed by atoms with van der Waals surface area (Å²) in [4.78, 5) is 22.1. The molecule has 1 aromatic heterocycles. The van der Waals surface area contributed by atoms with Gasteiger partial charge in [-0.2, -0.15) is 5.10 Å². The maximum atomic E-state index is 11.6. The maximum absolute atomic E-state index is 11.6. The molecule has 0 spiro atoms. The Balaban J connectivity index is 2.02. The lowest BCUT2D eigenvalue weighted by Crippen LogP contribution is -2.19. The van der Waals surface area contributed by atoms with Gasteiger partial charge in [-0.15, -0.1) is 0 Å². The summed E-state index contributed by atoms with van der Waals surface area (Å²) in [6, 6.07) is 6.59. The van der Waals surface area contributed by atoms with Crippen molar-refractivity contribution in [2.45, 2.75) is 0 Å². The van der Waals surface area contributed by atoms with E-state index in [1.54, 1.807) is 24.3 Å². The lowest BCUT2D eigenvalue weighted by Gasteiger charge is -2.05. The van der Waals surface area contributed by atoms with E-state index in [1.807, 2.05) is 0 Å². The number of carboxylic acids is 1. The molecular weight excluding hydrogens is 294 g/mol. The van der Waals surface area contributed by atoms with E-state index < -0.39 is 18.5 Å². The summed E-state index contributed by atoms with van der Waals surface area (Å²) >= 11 is 0. The van der Waals surface area contributed by atoms with Gasteiger partial charge < -0.3 is 15.6 Å². The molecule has 1 amide bonds. The van der Waals surface area contributed by atoms with Crippen LogP contribution in [0.25, 0.3) is 0 Å². The molecule has 10 nitrogen and oxygen atoms in total. The van der Waals surface area contributed by atoms with Crippen molar-refractivity contribution in [2.24, 2.45) is 5.10 Å². The second kappa shape index (κ2) is 6.83. The Bertz CT molecular complexity index is 711. The molecule has 0 bridgehead atoms. The summed E-state index contributed by atoms with van der Waals surface area (Å²) in [5, 5.41) is 18.9. The van der Waals surface area contributed by atoms with Gasteiger partial charge in [0.2, 0.25) is 11.5 Å². The first-order valence-electron chi connectivity index (χ1n) is 5.93. The molecule has 0 aliphatic rings. The molecule has 22 heavy (non-hydrogen) atoms. The number of carbonyl (C=O) groups is 2. The number of nitrogens with one attached hydrogen (secondary N) is 1. The molecule has 2 rings (SSSR count). The molecule has 1 aromatic carbocycles. The SMILES string of the molecule is Nc1nonc1C(=O)N/N=C/c1ccccc1OCC(=O)O. The number of carbonyl (C=O) groups excluding carboxylic acids is 1. The summed E-state index contributed by atoms with van der Waals surface area (Å²) < 4.78 is 9.38. The Morgan fingerprint density at radius 2 is 2.18 bits per heavy atom. The molecule has 4 N–H and O–H groups in total. The number of hydrogen-bond acceptors (Lipinski definition) is 8. The molecule has 0 atom stereocenters. The predicted octanol–water partition coefficient (Wildman–Crippen LogP) is -0.121. The topological polar surface area (TPSA) is 153 Å². The minimum Gasteiger partial charge on any atom is -0.481 e. The Hall–Kier alpha value is -3.43. The van der Waals surface area contributed by atoms with Crippen molar-refractivity contribution in [3.05, 3.63) is 35.5 Å². The van der Waals surface area contributed by atoms with Gasteiger partial charge in [0.05, 0.1) is 6.21 Å². The van der Waals surface area contributed by atoms with E-state index in [2.05, 4.69) is 25.5 Å². The minimum absolute atomic E-state index is 0.155. The summed E-state index contributed by atoms with van der Waals surface area (Å²) in [7, 11) is 0. The second-order valence-corrected chi connectivity index (χ2v) is 3.92. The predicted molar refractivity (Wildman–Crippen MR) is 73.3 cm³/mol. The van der Waals surface area contributed by atoms with E-state index in [9.17, 15) is 9.59 Å². The molecule has 114 valence electrons. The van der Waals surface area contributed by atoms with Gasteiger partial charge in [0.15, 0.2) is 6.61 Å². The van der Waals surface area contributed by atoms with Crippen LogP contribution in [0.1, 0.15) is 16.1 Å². The van der Waals surface area contributed by atoms with Crippen LogP contribution in [0.2, 0.25) is 0 Å². The highest BCUT2D eigenvalue weighted by molar-refractivity contribution is 5.96. The molecule has 0 radical (unpaired) electrons. The van der Waals surface area contributed by atoms with E-state index >= 15 is 0 Å². The van der Waals surface area contributed by atoms with Crippen LogP contribution in [0.5, 0.6) is 5.75 Å². The fourth-order valence-corrected chi connectivity index (χ4v) is 1.42. The number of nitrogens with zero attached hydrogens (tertiary/aromatic N) is 3. The van der Waals surface area contributed by atoms with Crippen LogP contribution in [-0.4, -0.2) is 40.1 Å². The number of aromatic nitrogens is 2. The number of carboxylic acid groups (broad SMARTS) is 1. The van der Waals surface area contributed by atoms with Crippen LogP contribution in [0, 0.1) is 0 Å². The number of anilines is 1. The summed E-state index contributed by atoms with van der Waals surface area (Å²) in [6.07, 6.45) is 1.29. The fraction of sp³-hybridized carbons (Fsp3) is 0.0833. The molecule has 0 unspecified atom stereocenters. The van der Waals surface area contributed by atoms with Gasteiger partial charge >= 0.3 is 5.97 Å². The summed E-state index contributed by atoms with van der Waals surface area (Å²) in [6.45, 7) is -0.488. The van der Waals surface area contributed by atoms with Crippen LogP contribution in [0.15, 0.2) is 34.0 Å². The van der Waals surface area contributed by atoms with E-state index in [0.717, 1.165) is 0 Å². The quantitative estimate of drug-likeness (QED) is 0.493. The molecular formula is C12H11N5O5. The van der Waals surface area contributed by atoms with E-state index in [4.69, 9.17) is 15.6 Å². The van der Waals surface area contributed by atoms with Crippen LogP contribution >= 0.6 is 0 Å². The lowest BCUT2D eigenvalue weighted by atomic mass is 10.2. The standard InChI is InChI=1S/C12H11N5O5/c13-11-10(16-22-17-11)12(20)15-14-5-7-3-1-2-4-8(7)21-6-9(18)19/h1-5H,6H2,(H2,13,17)(H,15,20)(H,18,19)/b14-5+. The van der Waals surface area contributed by atoms with Crippen molar-refractivity contribution < 1.29 is 24.1 Å².